The van der Waals surface area contributed by atoms with Crippen molar-refractivity contribution in [2.24, 2.45) is 0 Å². The number of phenols is 1. The van der Waals surface area contributed by atoms with Crippen LogP contribution in [0, 0.1) is 5.82 Å². The molecule has 0 unspecified atom stereocenters. The Morgan fingerprint density at radius 2 is 1.85 bits per heavy atom. The summed E-state index contributed by atoms with van der Waals surface area (Å²) >= 11 is 0. The number of nitrogens with zero attached hydrogens (tertiary/aromatic N) is 1. The van der Waals surface area contributed by atoms with Crippen molar-refractivity contribution < 1.29 is 19.1 Å². The molecule has 0 heterocycles. The Bertz CT molecular complexity index is 988. The van der Waals surface area contributed by atoms with Crippen LogP contribution in [-0.4, -0.2) is 35.4 Å². The van der Waals surface area contributed by atoms with Crippen LogP contribution in [-0.2, 0) is 4.79 Å². The Hall–Kier alpha value is -3.41. The summed E-state index contributed by atoms with van der Waals surface area (Å²) in [6.45, 7) is -0.235. The first-order valence-corrected chi connectivity index (χ1v) is 7.97. The molecule has 5 nitrogen and oxygen atoms in total. The standard InChI is InChI=1S/C20H17FN2O3/c1-23(12-18(24)22-15-7-4-6-14(21)11-15)20(26)17-10-9-13-5-2-3-8-16(13)19(17)25/h2-11,25H,12H2,1H3,(H,22,24). The smallest absolute Gasteiger partial charge is 0.257 e. The molecule has 3 aromatic carbocycles. The Balaban J connectivity index is 1.73. The third-order valence-electron chi connectivity index (χ3n) is 3.97. The van der Waals surface area contributed by atoms with Gasteiger partial charge >= 0.3 is 0 Å². The van der Waals surface area contributed by atoms with Crippen molar-refractivity contribution in [3.63, 3.8) is 0 Å². The maximum atomic E-state index is 13.2. The largest absolute Gasteiger partial charge is 0.506 e. The molecule has 3 rings (SSSR count). The number of hydrogen-bond donors (Lipinski definition) is 2. The van der Waals surface area contributed by atoms with Gasteiger partial charge in [-0.3, -0.25) is 9.59 Å². The number of rotatable bonds is 4. The van der Waals surface area contributed by atoms with E-state index in [2.05, 4.69) is 5.32 Å². The van der Waals surface area contributed by atoms with Gasteiger partial charge in [-0.05, 0) is 29.7 Å². The van der Waals surface area contributed by atoms with Crippen LogP contribution in [0.5, 0.6) is 5.75 Å². The van der Waals surface area contributed by atoms with E-state index in [1.807, 2.05) is 12.1 Å². The third-order valence-corrected chi connectivity index (χ3v) is 3.97. The quantitative estimate of drug-likeness (QED) is 0.756. The highest BCUT2D eigenvalue weighted by atomic mass is 19.1. The van der Waals surface area contributed by atoms with Crippen molar-refractivity contribution in [2.75, 3.05) is 18.9 Å². The summed E-state index contributed by atoms with van der Waals surface area (Å²) in [4.78, 5) is 25.8. The van der Waals surface area contributed by atoms with Crippen LogP contribution >= 0.6 is 0 Å². The summed E-state index contributed by atoms with van der Waals surface area (Å²) in [5.74, 6) is -1.53. The second-order valence-corrected chi connectivity index (χ2v) is 5.90. The molecule has 0 aromatic heterocycles. The topological polar surface area (TPSA) is 69.6 Å². The number of carbonyl (C=O) groups excluding carboxylic acids is 2. The van der Waals surface area contributed by atoms with Gasteiger partial charge in [0.05, 0.1) is 12.1 Å². The van der Waals surface area contributed by atoms with Crippen LogP contribution < -0.4 is 5.32 Å². The van der Waals surface area contributed by atoms with E-state index >= 15 is 0 Å². The number of amides is 2. The number of hydrogen-bond acceptors (Lipinski definition) is 3. The molecule has 0 spiro atoms. The lowest BCUT2D eigenvalue weighted by atomic mass is 10.0. The molecule has 0 saturated carbocycles. The molecule has 2 amide bonds. The van der Waals surface area contributed by atoms with Gasteiger partial charge < -0.3 is 15.3 Å². The van der Waals surface area contributed by atoms with Gasteiger partial charge in [0.25, 0.3) is 5.91 Å². The van der Waals surface area contributed by atoms with E-state index in [1.54, 1.807) is 24.3 Å². The van der Waals surface area contributed by atoms with E-state index in [4.69, 9.17) is 0 Å². The molecule has 3 aromatic rings. The number of likely N-dealkylation sites (N-methyl/N-ethyl adjacent to an activating group) is 1. The SMILES string of the molecule is CN(CC(=O)Nc1cccc(F)c1)C(=O)c1ccc2ccccc2c1O. The minimum atomic E-state index is -0.484. The predicted molar refractivity (Wildman–Crippen MR) is 97.6 cm³/mol. The molecule has 132 valence electrons. The Labute approximate surface area is 149 Å². The molecule has 0 atom stereocenters. The molecule has 0 aliphatic heterocycles. The molecule has 26 heavy (non-hydrogen) atoms. The van der Waals surface area contributed by atoms with Crippen molar-refractivity contribution in [2.45, 2.75) is 0 Å². The van der Waals surface area contributed by atoms with Crippen LogP contribution in [0.1, 0.15) is 10.4 Å². The maximum Gasteiger partial charge on any atom is 0.257 e. The Kier molecular flexibility index (Phi) is 4.84. The van der Waals surface area contributed by atoms with E-state index in [0.717, 1.165) is 5.39 Å². The first kappa shape index (κ1) is 17.4. The van der Waals surface area contributed by atoms with Crippen molar-refractivity contribution in [3.05, 3.63) is 72.0 Å². The highest BCUT2D eigenvalue weighted by molar-refractivity contribution is 6.05. The maximum absolute atomic E-state index is 13.2. The van der Waals surface area contributed by atoms with Gasteiger partial charge in [0, 0.05) is 18.1 Å². The van der Waals surface area contributed by atoms with Gasteiger partial charge in [-0.2, -0.15) is 0 Å². The van der Waals surface area contributed by atoms with E-state index < -0.39 is 17.6 Å². The van der Waals surface area contributed by atoms with Crippen LogP contribution in [0.25, 0.3) is 10.8 Å². The van der Waals surface area contributed by atoms with Crippen molar-refractivity contribution >= 4 is 28.3 Å². The Morgan fingerprint density at radius 3 is 2.62 bits per heavy atom. The van der Waals surface area contributed by atoms with Crippen molar-refractivity contribution in [1.82, 2.24) is 4.90 Å². The van der Waals surface area contributed by atoms with Crippen LogP contribution in [0.3, 0.4) is 0 Å². The second kappa shape index (κ2) is 7.23. The number of phenolic OH excluding ortho intramolecular Hbond substituents is 1. The lowest BCUT2D eigenvalue weighted by Gasteiger charge is -2.18. The van der Waals surface area contributed by atoms with Gasteiger partial charge in [0.1, 0.15) is 11.6 Å². The molecule has 0 aliphatic rings. The number of carbonyl (C=O) groups is 2. The monoisotopic (exact) mass is 352 g/mol. The fraction of sp³-hybridized carbons (Fsp3) is 0.100. The molecule has 0 aliphatic carbocycles. The van der Waals surface area contributed by atoms with E-state index in [1.165, 1.54) is 36.2 Å². The number of benzene rings is 3. The van der Waals surface area contributed by atoms with Gasteiger partial charge in [0.15, 0.2) is 0 Å². The molecule has 0 bridgehead atoms. The van der Waals surface area contributed by atoms with Crippen LogP contribution in [0.4, 0.5) is 10.1 Å². The zero-order chi connectivity index (χ0) is 18.7. The van der Waals surface area contributed by atoms with Gasteiger partial charge in [-0.15, -0.1) is 0 Å². The highest BCUT2D eigenvalue weighted by Gasteiger charge is 2.19. The Morgan fingerprint density at radius 1 is 1.08 bits per heavy atom. The molecule has 0 radical (unpaired) electrons. The zero-order valence-electron chi connectivity index (χ0n) is 14.1. The third kappa shape index (κ3) is 3.64. The lowest BCUT2D eigenvalue weighted by molar-refractivity contribution is -0.116. The minimum absolute atomic E-state index is 0.116. The number of anilines is 1. The summed E-state index contributed by atoms with van der Waals surface area (Å²) in [6.07, 6.45) is 0. The second-order valence-electron chi connectivity index (χ2n) is 5.90. The number of nitrogens with one attached hydrogen (secondary N) is 1. The fourth-order valence-electron chi connectivity index (χ4n) is 2.69. The summed E-state index contributed by atoms with van der Waals surface area (Å²) < 4.78 is 13.2. The summed E-state index contributed by atoms with van der Waals surface area (Å²) in [5.41, 5.74) is 0.425. The highest BCUT2D eigenvalue weighted by Crippen LogP contribution is 2.29. The van der Waals surface area contributed by atoms with E-state index in [0.29, 0.717) is 11.1 Å². The normalized spacial score (nSPS) is 10.5. The summed E-state index contributed by atoms with van der Waals surface area (Å²) in [7, 11) is 1.46. The average Bonchev–Trinajstić information content (AvgIpc) is 2.61. The van der Waals surface area contributed by atoms with Crippen LogP contribution in [0.15, 0.2) is 60.7 Å². The number of halogens is 1. The van der Waals surface area contributed by atoms with Crippen molar-refractivity contribution in [1.29, 1.82) is 0 Å². The first-order valence-electron chi connectivity index (χ1n) is 7.97. The fourth-order valence-corrected chi connectivity index (χ4v) is 2.69. The average molecular weight is 352 g/mol. The molecule has 0 fully saturated rings. The van der Waals surface area contributed by atoms with E-state index in [9.17, 15) is 19.1 Å². The zero-order valence-corrected chi connectivity index (χ0v) is 14.1. The van der Waals surface area contributed by atoms with Gasteiger partial charge in [-0.25, -0.2) is 4.39 Å². The summed E-state index contributed by atoms with van der Waals surface area (Å²) in [5, 5.41) is 14.3. The summed E-state index contributed by atoms with van der Waals surface area (Å²) in [6, 6.07) is 15.9. The predicted octanol–water partition coefficient (Wildman–Crippen LogP) is 3.40. The van der Waals surface area contributed by atoms with Gasteiger partial charge in [0.2, 0.25) is 5.91 Å². The minimum Gasteiger partial charge on any atom is -0.506 e. The van der Waals surface area contributed by atoms with E-state index in [-0.39, 0.29) is 17.9 Å². The molecular formula is C20H17FN2O3. The lowest BCUT2D eigenvalue weighted by Crippen LogP contribution is -2.35. The van der Waals surface area contributed by atoms with Crippen LogP contribution in [0.2, 0.25) is 0 Å². The molecule has 6 heteroatoms. The van der Waals surface area contributed by atoms with Gasteiger partial charge in [-0.1, -0.05) is 36.4 Å². The number of fused-ring (bicyclic) bond motifs is 1. The molecule has 2 N–H and O–H groups in total. The van der Waals surface area contributed by atoms with Crippen molar-refractivity contribution in [3.8, 4) is 5.75 Å². The molecular weight excluding hydrogens is 335 g/mol. The number of aromatic hydroxyl groups is 1. The molecule has 0 saturated heterocycles. The first-order chi connectivity index (χ1) is 12.5.